The van der Waals surface area contributed by atoms with Crippen LogP contribution < -0.4 is 10.2 Å². The number of benzene rings is 2. The topological polar surface area (TPSA) is 58.0 Å². The Morgan fingerprint density at radius 1 is 1.00 bits per heavy atom. The number of rotatable bonds is 7. The highest BCUT2D eigenvalue weighted by molar-refractivity contribution is 5.91. The van der Waals surface area contributed by atoms with E-state index < -0.39 is 0 Å². The van der Waals surface area contributed by atoms with Crippen LogP contribution in [0.1, 0.15) is 41.8 Å². The van der Waals surface area contributed by atoms with Gasteiger partial charge in [-0.1, -0.05) is 30.3 Å². The normalized spacial score (nSPS) is 19.9. The zero-order chi connectivity index (χ0) is 23.4. The van der Waals surface area contributed by atoms with Crippen LogP contribution in [0.5, 0.6) is 0 Å². The van der Waals surface area contributed by atoms with E-state index in [9.17, 15) is 4.79 Å². The van der Waals surface area contributed by atoms with Gasteiger partial charge in [-0.05, 0) is 67.6 Å². The minimum absolute atomic E-state index is 0.0289. The maximum atomic E-state index is 12.1. The summed E-state index contributed by atoms with van der Waals surface area (Å²) in [7, 11) is 2.10. The molecule has 0 saturated carbocycles. The maximum Gasteiger partial charge on any atom is 0.287 e. The highest BCUT2D eigenvalue weighted by Crippen LogP contribution is 2.39. The average molecular weight is 460 g/mol. The van der Waals surface area contributed by atoms with E-state index in [0.29, 0.717) is 12.3 Å². The number of anilines is 2. The van der Waals surface area contributed by atoms with Crippen LogP contribution in [0.15, 0.2) is 77.4 Å². The Morgan fingerprint density at radius 3 is 2.44 bits per heavy atom. The Kier molecular flexibility index (Phi) is 6.70. The van der Waals surface area contributed by atoms with Gasteiger partial charge in [0.1, 0.15) is 0 Å². The number of carbonyl (C=O) groups excluding carboxylic acids is 1. The van der Waals surface area contributed by atoms with Crippen LogP contribution in [0, 0.1) is 0 Å². The third-order valence-corrected chi connectivity index (χ3v) is 7.21. The molecule has 0 unspecified atom stereocenters. The first-order chi connectivity index (χ1) is 16.6. The molecule has 178 valence electrons. The zero-order valence-electron chi connectivity index (χ0n) is 19.8. The Hall–Kier alpha value is -3.09. The van der Waals surface area contributed by atoms with Gasteiger partial charge in [0.2, 0.25) is 0 Å². The Balaban J connectivity index is 1.08. The van der Waals surface area contributed by atoms with Gasteiger partial charge >= 0.3 is 0 Å². The number of hydrogen-bond acceptors (Lipinski definition) is 5. The summed E-state index contributed by atoms with van der Waals surface area (Å²) in [6.07, 6.45) is 5.76. The summed E-state index contributed by atoms with van der Waals surface area (Å²) in [6.45, 7) is 3.58. The quantitative estimate of drug-likeness (QED) is 0.539. The fraction of sp³-hybridized carbons (Fsp3) is 0.393. The van der Waals surface area contributed by atoms with E-state index in [-0.39, 0.29) is 17.6 Å². The highest BCUT2D eigenvalue weighted by atomic mass is 16.5. The number of ether oxygens (including phenoxy) is 1. The number of furan rings is 1. The summed E-state index contributed by atoms with van der Waals surface area (Å²) in [5, 5.41) is 2.94. The monoisotopic (exact) mass is 459 g/mol. The van der Waals surface area contributed by atoms with Gasteiger partial charge in [0, 0.05) is 44.6 Å². The van der Waals surface area contributed by atoms with Crippen molar-refractivity contribution in [2.75, 3.05) is 31.6 Å². The van der Waals surface area contributed by atoms with Crippen LogP contribution in [0.2, 0.25) is 0 Å². The lowest BCUT2D eigenvalue weighted by molar-refractivity contribution is -0.0764. The number of nitrogens with one attached hydrogen (secondary N) is 1. The van der Waals surface area contributed by atoms with Crippen molar-refractivity contribution in [1.29, 1.82) is 0 Å². The minimum Gasteiger partial charge on any atom is -0.459 e. The molecule has 34 heavy (non-hydrogen) atoms. The number of para-hydroxylation sites is 1. The molecule has 2 aliphatic rings. The molecule has 1 N–H and O–H groups in total. The second kappa shape index (κ2) is 10.0. The Morgan fingerprint density at radius 2 is 1.74 bits per heavy atom. The fourth-order valence-electron chi connectivity index (χ4n) is 5.11. The number of hydrogen-bond donors (Lipinski definition) is 1. The lowest BCUT2D eigenvalue weighted by atomic mass is 9.88. The highest BCUT2D eigenvalue weighted by Gasteiger charge is 2.42. The van der Waals surface area contributed by atoms with Crippen molar-refractivity contribution >= 4 is 17.3 Å². The van der Waals surface area contributed by atoms with Crippen molar-refractivity contribution in [2.24, 2.45) is 0 Å². The van der Waals surface area contributed by atoms with Gasteiger partial charge in [-0.2, -0.15) is 0 Å². The number of likely N-dealkylation sites (tertiary alicyclic amines) is 1. The average Bonchev–Trinajstić information content (AvgIpc) is 3.56. The van der Waals surface area contributed by atoms with Crippen LogP contribution in [0.4, 0.5) is 11.4 Å². The maximum absolute atomic E-state index is 12.1. The molecule has 2 aromatic carbocycles. The van der Waals surface area contributed by atoms with Crippen LogP contribution in [-0.2, 0) is 11.3 Å². The minimum atomic E-state index is -0.176. The summed E-state index contributed by atoms with van der Waals surface area (Å²) >= 11 is 0. The summed E-state index contributed by atoms with van der Waals surface area (Å²) in [5.74, 6) is 0.172. The van der Waals surface area contributed by atoms with Gasteiger partial charge in [0.05, 0.1) is 18.0 Å². The van der Waals surface area contributed by atoms with Crippen LogP contribution in [-0.4, -0.2) is 49.2 Å². The third kappa shape index (κ3) is 5.18. The predicted molar refractivity (Wildman–Crippen MR) is 133 cm³/mol. The van der Waals surface area contributed by atoms with Crippen LogP contribution in [0.25, 0.3) is 0 Å². The van der Waals surface area contributed by atoms with E-state index in [2.05, 4.69) is 70.7 Å². The smallest absolute Gasteiger partial charge is 0.287 e. The van der Waals surface area contributed by atoms with Crippen molar-refractivity contribution in [1.82, 2.24) is 10.2 Å². The van der Waals surface area contributed by atoms with Crippen molar-refractivity contribution in [3.63, 3.8) is 0 Å². The zero-order valence-corrected chi connectivity index (χ0v) is 19.8. The van der Waals surface area contributed by atoms with Crippen molar-refractivity contribution in [3.05, 3.63) is 84.3 Å². The lowest BCUT2D eigenvalue weighted by Gasteiger charge is -2.39. The molecule has 5 rings (SSSR count). The molecule has 0 bridgehead atoms. The molecule has 2 fully saturated rings. The Bertz CT molecular complexity index is 1060. The molecule has 3 aromatic rings. The van der Waals surface area contributed by atoms with Gasteiger partial charge in [-0.3, -0.25) is 9.69 Å². The van der Waals surface area contributed by atoms with E-state index >= 15 is 0 Å². The third-order valence-electron chi connectivity index (χ3n) is 7.21. The van der Waals surface area contributed by atoms with Gasteiger partial charge in [-0.25, -0.2) is 0 Å². The summed E-state index contributed by atoms with van der Waals surface area (Å²) in [5.41, 5.74) is 3.69. The second-order valence-corrected chi connectivity index (χ2v) is 9.49. The molecule has 2 saturated heterocycles. The van der Waals surface area contributed by atoms with Gasteiger partial charge in [-0.15, -0.1) is 0 Å². The predicted octanol–water partition coefficient (Wildman–Crippen LogP) is 4.99. The molecule has 0 aliphatic carbocycles. The molecule has 3 heterocycles. The number of nitrogens with zero attached hydrogens (tertiary/aromatic N) is 2. The van der Waals surface area contributed by atoms with E-state index in [1.807, 2.05) is 6.07 Å². The molecule has 2 aliphatic heterocycles. The van der Waals surface area contributed by atoms with E-state index in [0.717, 1.165) is 45.3 Å². The summed E-state index contributed by atoms with van der Waals surface area (Å²) in [6, 6.07) is 22.7. The van der Waals surface area contributed by atoms with Gasteiger partial charge in [0.15, 0.2) is 5.76 Å². The van der Waals surface area contributed by atoms with Crippen molar-refractivity contribution in [2.45, 2.75) is 43.9 Å². The first-order valence-electron chi connectivity index (χ1n) is 12.2. The molecular formula is C28H33N3O3. The number of carbonyl (C=O) groups is 1. The molecule has 1 atom stereocenters. The second-order valence-electron chi connectivity index (χ2n) is 9.49. The molecular weight excluding hydrogens is 426 g/mol. The molecule has 6 heteroatoms. The van der Waals surface area contributed by atoms with E-state index in [4.69, 9.17) is 9.15 Å². The standard InChI is InChI=1S/C28H33N3O3/c1-30(23-6-3-2-4-7-23)24-11-9-22(10-12-24)21-31-17-15-28(16-18-31)14-13-25(34-28)20-29-27(32)26-8-5-19-33-26/h2-12,19,25H,13-18,20-21H2,1H3,(H,29,32)/t25-/m0/s1. The Labute approximate surface area is 201 Å². The fourth-order valence-corrected chi connectivity index (χ4v) is 5.11. The van der Waals surface area contributed by atoms with E-state index in [1.165, 1.54) is 23.2 Å². The molecule has 1 aromatic heterocycles. The number of piperidine rings is 1. The first kappa shape index (κ1) is 22.7. The lowest BCUT2D eigenvalue weighted by Crippen LogP contribution is -2.44. The van der Waals surface area contributed by atoms with Crippen LogP contribution in [0.3, 0.4) is 0 Å². The number of amides is 1. The largest absolute Gasteiger partial charge is 0.459 e. The van der Waals surface area contributed by atoms with Crippen molar-refractivity contribution in [3.8, 4) is 0 Å². The van der Waals surface area contributed by atoms with Crippen LogP contribution >= 0.6 is 0 Å². The summed E-state index contributed by atoms with van der Waals surface area (Å²) in [4.78, 5) is 16.8. The van der Waals surface area contributed by atoms with E-state index in [1.54, 1.807) is 12.1 Å². The molecule has 0 radical (unpaired) electrons. The van der Waals surface area contributed by atoms with Crippen molar-refractivity contribution < 1.29 is 13.9 Å². The first-order valence-corrected chi connectivity index (χ1v) is 12.2. The van der Waals surface area contributed by atoms with Gasteiger partial charge < -0.3 is 19.4 Å². The molecule has 1 spiro atoms. The van der Waals surface area contributed by atoms with Gasteiger partial charge in [0.25, 0.3) is 5.91 Å². The molecule has 6 nitrogen and oxygen atoms in total. The SMILES string of the molecule is CN(c1ccccc1)c1ccc(CN2CCC3(CC[C@@H](CNC(=O)c4ccco4)O3)CC2)cc1. The summed E-state index contributed by atoms with van der Waals surface area (Å²) < 4.78 is 11.6. The molecule has 1 amide bonds.